The largest absolute Gasteiger partial charge is 0.493 e. The van der Waals surface area contributed by atoms with Gasteiger partial charge in [0, 0.05) is 32.1 Å². The minimum atomic E-state index is -0.271. The predicted molar refractivity (Wildman–Crippen MR) is 109 cm³/mol. The Morgan fingerprint density at radius 3 is 2.36 bits per heavy atom. The van der Waals surface area contributed by atoms with Gasteiger partial charge in [-0.2, -0.15) is 0 Å². The van der Waals surface area contributed by atoms with E-state index in [1.807, 2.05) is 30.3 Å². The van der Waals surface area contributed by atoms with Gasteiger partial charge in [0.15, 0.2) is 11.5 Å². The summed E-state index contributed by atoms with van der Waals surface area (Å²) in [6.07, 6.45) is 0.721. The van der Waals surface area contributed by atoms with Crippen molar-refractivity contribution in [2.24, 2.45) is 5.73 Å². The third-order valence-electron chi connectivity index (χ3n) is 4.24. The number of hydrogen-bond donors (Lipinski definition) is 2. The number of ether oxygens (including phenoxy) is 2. The standard InChI is InChI=1S/C21H27N3O4/c1-15(25)23-18-13-17(14-19(27-2)20(18)28-3)21(26)24(12-10-22)11-9-16-7-5-4-6-8-16/h4-8,13-14H,9-12,22H2,1-3H3,(H,23,25). The Hall–Kier alpha value is -3.06. The molecule has 0 saturated carbocycles. The van der Waals surface area contributed by atoms with Crippen molar-refractivity contribution >= 4 is 17.5 Å². The average Bonchev–Trinajstić information content (AvgIpc) is 2.70. The van der Waals surface area contributed by atoms with Gasteiger partial charge in [0.2, 0.25) is 5.91 Å². The molecule has 2 amide bonds. The third-order valence-corrected chi connectivity index (χ3v) is 4.24. The molecule has 7 nitrogen and oxygen atoms in total. The molecule has 0 saturated heterocycles. The van der Waals surface area contributed by atoms with Crippen molar-refractivity contribution in [1.29, 1.82) is 0 Å². The first-order valence-corrected chi connectivity index (χ1v) is 9.07. The number of benzene rings is 2. The highest BCUT2D eigenvalue weighted by atomic mass is 16.5. The number of carbonyl (C=O) groups is 2. The van der Waals surface area contributed by atoms with Crippen LogP contribution in [0.1, 0.15) is 22.8 Å². The Balaban J connectivity index is 2.30. The zero-order valence-corrected chi connectivity index (χ0v) is 16.5. The van der Waals surface area contributed by atoms with E-state index in [-0.39, 0.29) is 11.8 Å². The maximum atomic E-state index is 13.1. The van der Waals surface area contributed by atoms with Gasteiger partial charge in [-0.15, -0.1) is 0 Å². The molecule has 0 radical (unpaired) electrons. The molecule has 0 aliphatic rings. The molecule has 0 atom stereocenters. The summed E-state index contributed by atoms with van der Waals surface area (Å²) in [7, 11) is 2.96. The van der Waals surface area contributed by atoms with Crippen LogP contribution in [0.3, 0.4) is 0 Å². The highest BCUT2D eigenvalue weighted by Crippen LogP contribution is 2.37. The number of amides is 2. The van der Waals surface area contributed by atoms with Crippen molar-refractivity contribution in [2.75, 3.05) is 39.2 Å². The third kappa shape index (κ3) is 5.47. The molecule has 0 aromatic heterocycles. The van der Waals surface area contributed by atoms with Crippen molar-refractivity contribution in [3.8, 4) is 11.5 Å². The van der Waals surface area contributed by atoms with Gasteiger partial charge in [0.25, 0.3) is 5.91 Å². The second-order valence-corrected chi connectivity index (χ2v) is 6.26. The molecule has 7 heteroatoms. The lowest BCUT2D eigenvalue weighted by Crippen LogP contribution is -2.37. The Bertz CT molecular complexity index is 809. The van der Waals surface area contributed by atoms with Crippen LogP contribution in [0.5, 0.6) is 11.5 Å². The summed E-state index contributed by atoms with van der Waals surface area (Å²) < 4.78 is 10.7. The molecular formula is C21H27N3O4. The Kier molecular flexibility index (Phi) is 7.83. The van der Waals surface area contributed by atoms with Gasteiger partial charge in [-0.1, -0.05) is 30.3 Å². The SMILES string of the molecule is COc1cc(C(=O)N(CCN)CCc2ccccc2)cc(NC(C)=O)c1OC. The lowest BCUT2D eigenvalue weighted by Gasteiger charge is -2.23. The molecule has 0 aliphatic heterocycles. The number of nitrogens with zero attached hydrogens (tertiary/aromatic N) is 1. The van der Waals surface area contributed by atoms with Crippen molar-refractivity contribution in [2.45, 2.75) is 13.3 Å². The van der Waals surface area contributed by atoms with E-state index in [0.717, 1.165) is 12.0 Å². The summed E-state index contributed by atoms with van der Waals surface area (Å²) >= 11 is 0. The normalized spacial score (nSPS) is 10.3. The highest BCUT2D eigenvalue weighted by Gasteiger charge is 2.21. The number of methoxy groups -OCH3 is 2. The van der Waals surface area contributed by atoms with E-state index in [9.17, 15) is 9.59 Å². The van der Waals surface area contributed by atoms with Crippen molar-refractivity contribution in [1.82, 2.24) is 4.90 Å². The molecule has 2 rings (SSSR count). The van der Waals surface area contributed by atoms with Crippen LogP contribution in [0.4, 0.5) is 5.69 Å². The lowest BCUT2D eigenvalue weighted by atomic mass is 10.1. The minimum absolute atomic E-state index is 0.186. The summed E-state index contributed by atoms with van der Waals surface area (Å²) in [5.41, 5.74) is 7.63. The zero-order chi connectivity index (χ0) is 20.5. The number of rotatable bonds is 9. The second-order valence-electron chi connectivity index (χ2n) is 6.26. The van der Waals surface area contributed by atoms with E-state index in [4.69, 9.17) is 15.2 Å². The summed E-state index contributed by atoms with van der Waals surface area (Å²) in [6.45, 7) is 2.70. The molecule has 0 unspecified atom stereocenters. The predicted octanol–water partition coefficient (Wildman–Crippen LogP) is 2.31. The van der Waals surface area contributed by atoms with Gasteiger partial charge < -0.3 is 25.4 Å². The van der Waals surface area contributed by atoms with E-state index in [1.165, 1.54) is 21.1 Å². The number of nitrogens with two attached hydrogens (primary N) is 1. The summed E-state index contributed by atoms with van der Waals surface area (Å²) in [6, 6.07) is 13.2. The first-order chi connectivity index (χ1) is 13.5. The topological polar surface area (TPSA) is 93.9 Å². The van der Waals surface area contributed by atoms with E-state index < -0.39 is 0 Å². The second kappa shape index (κ2) is 10.3. The zero-order valence-electron chi connectivity index (χ0n) is 16.5. The van der Waals surface area contributed by atoms with Gasteiger partial charge in [-0.25, -0.2) is 0 Å². The molecule has 150 valence electrons. The van der Waals surface area contributed by atoms with Gasteiger partial charge in [0.1, 0.15) is 0 Å². The van der Waals surface area contributed by atoms with Crippen LogP contribution < -0.4 is 20.5 Å². The number of anilines is 1. The van der Waals surface area contributed by atoms with Gasteiger partial charge in [-0.05, 0) is 24.1 Å². The van der Waals surface area contributed by atoms with Crippen LogP contribution in [-0.2, 0) is 11.2 Å². The number of hydrogen-bond acceptors (Lipinski definition) is 5. The fraction of sp³-hybridized carbons (Fsp3) is 0.333. The maximum Gasteiger partial charge on any atom is 0.254 e. The molecule has 3 N–H and O–H groups in total. The Morgan fingerprint density at radius 1 is 1.07 bits per heavy atom. The fourth-order valence-electron chi connectivity index (χ4n) is 2.93. The highest BCUT2D eigenvalue weighted by molar-refractivity contribution is 5.99. The Labute approximate surface area is 165 Å². The van der Waals surface area contributed by atoms with Crippen molar-refractivity contribution in [3.05, 3.63) is 53.6 Å². The van der Waals surface area contributed by atoms with E-state index >= 15 is 0 Å². The first-order valence-electron chi connectivity index (χ1n) is 9.07. The molecule has 2 aromatic carbocycles. The van der Waals surface area contributed by atoms with Crippen LogP contribution in [0.25, 0.3) is 0 Å². The average molecular weight is 385 g/mol. The van der Waals surface area contributed by atoms with Gasteiger partial charge in [-0.3, -0.25) is 9.59 Å². The monoisotopic (exact) mass is 385 g/mol. The van der Waals surface area contributed by atoms with Crippen LogP contribution in [0.15, 0.2) is 42.5 Å². The van der Waals surface area contributed by atoms with Gasteiger partial charge in [0.05, 0.1) is 19.9 Å². The van der Waals surface area contributed by atoms with Crippen molar-refractivity contribution < 1.29 is 19.1 Å². The van der Waals surface area contributed by atoms with Crippen LogP contribution in [0.2, 0.25) is 0 Å². The molecule has 0 spiro atoms. The molecule has 0 heterocycles. The minimum Gasteiger partial charge on any atom is -0.493 e. The van der Waals surface area contributed by atoms with E-state index in [2.05, 4.69) is 5.32 Å². The lowest BCUT2D eigenvalue weighted by molar-refractivity contribution is -0.114. The summed E-state index contributed by atoms with van der Waals surface area (Å²) in [4.78, 5) is 26.4. The molecule has 0 bridgehead atoms. The number of carbonyl (C=O) groups excluding carboxylic acids is 2. The van der Waals surface area contributed by atoms with E-state index in [0.29, 0.717) is 42.4 Å². The van der Waals surface area contributed by atoms with Crippen LogP contribution >= 0.6 is 0 Å². The van der Waals surface area contributed by atoms with Crippen LogP contribution in [-0.4, -0.2) is 50.6 Å². The quantitative estimate of drug-likeness (QED) is 0.691. The molecule has 0 aliphatic carbocycles. The van der Waals surface area contributed by atoms with Crippen LogP contribution in [0, 0.1) is 0 Å². The molecular weight excluding hydrogens is 358 g/mol. The summed E-state index contributed by atoms with van der Waals surface area (Å²) in [5, 5.41) is 2.68. The fourth-order valence-corrected chi connectivity index (χ4v) is 2.93. The molecule has 2 aromatic rings. The smallest absolute Gasteiger partial charge is 0.254 e. The first kappa shape index (κ1) is 21.2. The van der Waals surface area contributed by atoms with Gasteiger partial charge >= 0.3 is 0 Å². The molecule has 0 fully saturated rings. The number of nitrogens with one attached hydrogen (secondary N) is 1. The van der Waals surface area contributed by atoms with Crippen molar-refractivity contribution in [3.63, 3.8) is 0 Å². The molecule has 28 heavy (non-hydrogen) atoms. The maximum absolute atomic E-state index is 13.1. The Morgan fingerprint density at radius 2 is 1.79 bits per heavy atom. The van der Waals surface area contributed by atoms with E-state index in [1.54, 1.807) is 17.0 Å². The summed E-state index contributed by atoms with van der Waals surface area (Å²) in [5.74, 6) is 0.276.